The largest absolute Gasteiger partial charge is 0.396 e. The number of aliphatic hydroxyl groups excluding tert-OH is 2. The summed E-state index contributed by atoms with van der Waals surface area (Å²) < 4.78 is 0. The number of aromatic nitrogens is 2. The minimum Gasteiger partial charge on any atom is -0.396 e. The van der Waals surface area contributed by atoms with E-state index < -0.39 is 0 Å². The monoisotopic (exact) mass is 406 g/mol. The van der Waals surface area contributed by atoms with Gasteiger partial charge in [0, 0.05) is 18.9 Å². The van der Waals surface area contributed by atoms with E-state index in [1.54, 1.807) is 0 Å². The second kappa shape index (κ2) is 7.35. The number of hydrogen-bond donors (Lipinski definition) is 3. The van der Waals surface area contributed by atoms with Crippen LogP contribution in [0.25, 0.3) is 5.57 Å². The van der Waals surface area contributed by atoms with Crippen molar-refractivity contribution in [2.45, 2.75) is 46.0 Å². The molecule has 5 rings (SSSR count). The van der Waals surface area contributed by atoms with E-state index in [2.05, 4.69) is 60.5 Å². The molecular formula is C26H34N2O2. The van der Waals surface area contributed by atoms with E-state index in [4.69, 9.17) is 0 Å². The van der Waals surface area contributed by atoms with Crippen LogP contribution in [-0.4, -0.2) is 33.6 Å². The zero-order valence-electron chi connectivity index (χ0n) is 18.1. The van der Waals surface area contributed by atoms with Crippen molar-refractivity contribution < 1.29 is 10.2 Å². The van der Waals surface area contributed by atoms with Crippen molar-refractivity contribution in [1.29, 1.82) is 0 Å². The van der Waals surface area contributed by atoms with Crippen molar-refractivity contribution in [3.8, 4) is 0 Å². The molecule has 0 radical (unpaired) electrons. The summed E-state index contributed by atoms with van der Waals surface area (Å²) >= 11 is 0. The SMILES string of the molecule is C[C@]1([C@H]2CC[C@]3(C)C(c4ccccc4)=CC[C@H]3[C@@H]2CO)Cc2cn[nH]c2C[C@@H]1CO. The van der Waals surface area contributed by atoms with E-state index in [0.29, 0.717) is 11.8 Å². The summed E-state index contributed by atoms with van der Waals surface area (Å²) in [6.45, 7) is 5.20. The number of aliphatic hydroxyl groups is 2. The van der Waals surface area contributed by atoms with Crippen LogP contribution >= 0.6 is 0 Å². The summed E-state index contributed by atoms with van der Waals surface area (Å²) in [4.78, 5) is 0. The highest BCUT2D eigenvalue weighted by Crippen LogP contribution is 2.63. The molecule has 4 heteroatoms. The fourth-order valence-corrected chi connectivity index (χ4v) is 7.40. The molecular weight excluding hydrogens is 372 g/mol. The highest BCUT2D eigenvalue weighted by atomic mass is 16.3. The average Bonchev–Trinajstić information content (AvgIpc) is 3.35. The number of H-pyrrole nitrogens is 1. The molecule has 4 nitrogen and oxygen atoms in total. The molecule has 0 unspecified atom stereocenters. The maximum Gasteiger partial charge on any atom is 0.0522 e. The first-order valence-electron chi connectivity index (χ1n) is 11.5. The molecule has 30 heavy (non-hydrogen) atoms. The molecule has 0 saturated heterocycles. The van der Waals surface area contributed by atoms with E-state index >= 15 is 0 Å². The Balaban J connectivity index is 1.47. The van der Waals surface area contributed by atoms with Gasteiger partial charge in [0.15, 0.2) is 0 Å². The summed E-state index contributed by atoms with van der Waals surface area (Å²) in [6, 6.07) is 10.8. The van der Waals surface area contributed by atoms with Crippen molar-refractivity contribution in [3.63, 3.8) is 0 Å². The molecule has 0 spiro atoms. The van der Waals surface area contributed by atoms with E-state index in [9.17, 15) is 10.2 Å². The van der Waals surface area contributed by atoms with E-state index in [0.717, 1.165) is 32.1 Å². The number of allylic oxidation sites excluding steroid dienone is 2. The van der Waals surface area contributed by atoms with Gasteiger partial charge in [-0.25, -0.2) is 0 Å². The number of benzene rings is 1. The lowest BCUT2D eigenvalue weighted by Crippen LogP contribution is -2.52. The van der Waals surface area contributed by atoms with Gasteiger partial charge in [-0.3, -0.25) is 5.10 Å². The molecule has 1 aromatic carbocycles. The molecule has 2 aromatic rings. The van der Waals surface area contributed by atoms with Gasteiger partial charge in [-0.2, -0.15) is 5.10 Å². The van der Waals surface area contributed by atoms with Crippen LogP contribution in [0.2, 0.25) is 0 Å². The molecule has 3 N–H and O–H groups in total. The predicted octanol–water partition coefficient (Wildman–Crippen LogP) is 4.25. The van der Waals surface area contributed by atoms with Gasteiger partial charge in [-0.1, -0.05) is 50.3 Å². The summed E-state index contributed by atoms with van der Waals surface area (Å²) in [5.74, 6) is 1.33. The third-order valence-corrected chi connectivity index (χ3v) is 9.14. The van der Waals surface area contributed by atoms with Gasteiger partial charge >= 0.3 is 0 Å². The first-order valence-corrected chi connectivity index (χ1v) is 11.5. The van der Waals surface area contributed by atoms with Crippen LogP contribution in [0.15, 0.2) is 42.6 Å². The third kappa shape index (κ3) is 2.84. The van der Waals surface area contributed by atoms with Crippen molar-refractivity contribution >= 4 is 5.57 Å². The van der Waals surface area contributed by atoms with Crippen LogP contribution < -0.4 is 0 Å². The van der Waals surface area contributed by atoms with E-state index in [1.165, 1.54) is 22.4 Å². The van der Waals surface area contributed by atoms with Crippen LogP contribution in [-0.2, 0) is 12.8 Å². The van der Waals surface area contributed by atoms with Crippen molar-refractivity contribution in [1.82, 2.24) is 10.2 Å². The highest BCUT2D eigenvalue weighted by molar-refractivity contribution is 5.72. The lowest BCUT2D eigenvalue weighted by molar-refractivity contribution is -0.0716. The van der Waals surface area contributed by atoms with Gasteiger partial charge in [0.1, 0.15) is 0 Å². The number of nitrogens with one attached hydrogen (secondary N) is 1. The summed E-state index contributed by atoms with van der Waals surface area (Å²) in [5, 5.41) is 28.3. The Morgan fingerprint density at radius 3 is 2.63 bits per heavy atom. The molecule has 0 aliphatic heterocycles. The Hall–Kier alpha value is -1.91. The van der Waals surface area contributed by atoms with E-state index in [-0.39, 0.29) is 35.9 Å². The fourth-order valence-electron chi connectivity index (χ4n) is 7.40. The Kier molecular flexibility index (Phi) is 4.90. The maximum absolute atomic E-state index is 10.6. The number of nitrogens with zero attached hydrogens (tertiary/aromatic N) is 1. The minimum atomic E-state index is -0.0180. The normalized spacial score (nSPS) is 38.1. The van der Waals surface area contributed by atoms with E-state index in [1.807, 2.05) is 6.20 Å². The van der Waals surface area contributed by atoms with Crippen LogP contribution in [0.5, 0.6) is 0 Å². The van der Waals surface area contributed by atoms with Gasteiger partial charge in [0.2, 0.25) is 0 Å². The Bertz CT molecular complexity index is 936. The number of hydrogen-bond acceptors (Lipinski definition) is 3. The van der Waals surface area contributed by atoms with Crippen molar-refractivity contribution in [3.05, 3.63) is 59.4 Å². The zero-order chi connectivity index (χ0) is 20.9. The molecule has 6 atom stereocenters. The maximum atomic E-state index is 10.6. The quantitative estimate of drug-likeness (QED) is 0.711. The van der Waals surface area contributed by atoms with Crippen LogP contribution in [0.1, 0.15) is 49.9 Å². The lowest BCUT2D eigenvalue weighted by atomic mass is 9.49. The molecule has 1 fully saturated rings. The smallest absolute Gasteiger partial charge is 0.0522 e. The molecule has 1 saturated carbocycles. The van der Waals surface area contributed by atoms with Crippen LogP contribution in [0.3, 0.4) is 0 Å². The van der Waals surface area contributed by atoms with Gasteiger partial charge in [-0.15, -0.1) is 0 Å². The number of fused-ring (bicyclic) bond motifs is 2. The highest BCUT2D eigenvalue weighted by Gasteiger charge is 2.56. The molecule has 160 valence electrons. The average molecular weight is 407 g/mol. The lowest BCUT2D eigenvalue weighted by Gasteiger charge is -2.56. The zero-order valence-corrected chi connectivity index (χ0v) is 18.1. The second-order valence-electron chi connectivity index (χ2n) is 10.4. The fraction of sp³-hybridized carbons (Fsp3) is 0.577. The number of rotatable bonds is 4. The Morgan fingerprint density at radius 2 is 1.90 bits per heavy atom. The summed E-state index contributed by atoms with van der Waals surface area (Å²) in [6.07, 6.45) is 9.48. The predicted molar refractivity (Wildman–Crippen MR) is 119 cm³/mol. The van der Waals surface area contributed by atoms with Gasteiger partial charge in [0.25, 0.3) is 0 Å². The first-order chi connectivity index (χ1) is 14.5. The standard InChI is InChI=1S/C26H34N2O2/c1-25-11-10-23(26(2)13-18-14-27-28-24(18)12-19(26)15-29)20(16-30)22(25)9-8-21(25)17-6-4-3-5-7-17/h3-8,14,19-20,22-23,29-30H,9-13,15-16H2,1-2H3,(H,27,28)/t19-,20+,22+,23+,25-,26+/m1/s1. The number of aromatic amines is 1. The minimum absolute atomic E-state index is 0.0180. The molecule has 3 aliphatic carbocycles. The molecule has 3 aliphatic rings. The van der Waals surface area contributed by atoms with Crippen LogP contribution in [0, 0.1) is 34.5 Å². The Morgan fingerprint density at radius 1 is 1.10 bits per heavy atom. The Labute approximate surface area is 179 Å². The van der Waals surface area contributed by atoms with Gasteiger partial charge in [-0.05, 0) is 83.3 Å². The second-order valence-corrected chi connectivity index (χ2v) is 10.4. The first kappa shape index (κ1) is 20.0. The summed E-state index contributed by atoms with van der Waals surface area (Å²) in [5.41, 5.74) is 5.37. The van der Waals surface area contributed by atoms with Gasteiger partial charge < -0.3 is 10.2 Å². The van der Waals surface area contributed by atoms with Gasteiger partial charge in [0.05, 0.1) is 6.20 Å². The summed E-state index contributed by atoms with van der Waals surface area (Å²) in [7, 11) is 0. The van der Waals surface area contributed by atoms with Crippen LogP contribution in [0.4, 0.5) is 0 Å². The molecule has 0 amide bonds. The molecule has 0 bridgehead atoms. The topological polar surface area (TPSA) is 69.1 Å². The van der Waals surface area contributed by atoms with Crippen molar-refractivity contribution in [2.24, 2.45) is 34.5 Å². The van der Waals surface area contributed by atoms with Crippen molar-refractivity contribution in [2.75, 3.05) is 13.2 Å². The molecule has 1 aromatic heterocycles. The molecule has 1 heterocycles. The third-order valence-electron chi connectivity index (χ3n) is 9.14.